The molecule has 31 heteroatoms. The van der Waals surface area contributed by atoms with Crippen LogP contribution in [0.4, 0.5) is 33.6 Å². The molecular weight excluding hydrogens is 1050 g/mol. The normalized spacial score (nSPS) is 12.5. The molecule has 0 aliphatic rings. The maximum atomic E-state index is 12.8. The number of imidazole rings is 1. The van der Waals surface area contributed by atoms with E-state index in [1.54, 1.807) is 43.3 Å². The molecule has 0 saturated carbocycles. The zero-order chi connectivity index (χ0) is 51.5. The van der Waals surface area contributed by atoms with Gasteiger partial charge in [0, 0.05) is 23.1 Å². The van der Waals surface area contributed by atoms with Crippen LogP contribution in [0.25, 0.3) is 37.7 Å². The third kappa shape index (κ3) is 10.9. The van der Waals surface area contributed by atoms with Gasteiger partial charge in [0.1, 0.15) is 45.1 Å². The standard InChI is InChI=1S/C41H32N10O16S5/c1-19-11-26(30(63-9-6-10-71(56,57)58)15-25(19)45-50-41-44-27-16-33(69-66-64-54)31(62-3)17-32(27)68-41)46-49-37-34(70-67-65-55)12-21-13-35(72(59,60)61)28(14-22(21)38(37)52)47-48-36-20(2)23(18-42)39-43-24-7-4-5-8-29(24)51(39)40(36)53/h4-5,7-8,11-17,52-55H,6,9-10H2,1-3H3,(H,56,57,58)(H,59,60,61). The minimum absolute atomic E-state index is 0.00923. The lowest BCUT2D eigenvalue weighted by Crippen LogP contribution is -2.08. The zero-order valence-electron chi connectivity index (χ0n) is 36.8. The van der Waals surface area contributed by atoms with Gasteiger partial charge in [-0.3, -0.25) is 13.5 Å². The number of rotatable bonds is 19. The molecule has 5 aromatic carbocycles. The van der Waals surface area contributed by atoms with Crippen molar-refractivity contribution in [2.75, 3.05) is 19.5 Å². The van der Waals surface area contributed by atoms with Crippen molar-refractivity contribution in [1.29, 1.82) is 5.26 Å². The molecule has 8 rings (SSSR count). The van der Waals surface area contributed by atoms with Crippen LogP contribution in [0, 0.1) is 25.2 Å². The Balaban J connectivity index is 1.20. The van der Waals surface area contributed by atoms with Gasteiger partial charge < -0.3 is 19.7 Å². The number of pyridine rings is 1. The fourth-order valence-electron chi connectivity index (χ4n) is 7.02. The number of aromatic hydroxyl groups is 2. The fraction of sp³-hybridized carbons (Fsp3) is 0.146. The minimum Gasteiger partial charge on any atom is -0.505 e. The van der Waals surface area contributed by atoms with E-state index in [1.807, 2.05) is 6.07 Å². The predicted octanol–water partition coefficient (Wildman–Crippen LogP) is 11.2. The first-order valence-corrected chi connectivity index (χ1v) is 25.4. The molecule has 6 N–H and O–H groups in total. The number of aromatic nitrogens is 3. The van der Waals surface area contributed by atoms with Crippen molar-refractivity contribution < 1.29 is 74.9 Å². The number of ether oxygens (including phenoxy) is 2. The lowest BCUT2D eigenvalue weighted by Gasteiger charge is -2.13. The van der Waals surface area contributed by atoms with E-state index in [-0.39, 0.29) is 79.1 Å². The Hall–Kier alpha value is -7.03. The molecule has 8 aromatic rings. The topological polar surface area (TPSA) is 373 Å². The van der Waals surface area contributed by atoms with Gasteiger partial charge in [-0.05, 0) is 73.7 Å². The number of fused-ring (bicyclic) bond motifs is 5. The first kappa shape index (κ1) is 51.3. The molecule has 3 heterocycles. The minimum atomic E-state index is -5.09. The molecule has 372 valence electrons. The van der Waals surface area contributed by atoms with Crippen LogP contribution in [0.15, 0.2) is 112 Å². The van der Waals surface area contributed by atoms with E-state index in [9.17, 15) is 41.4 Å². The Morgan fingerprint density at radius 2 is 1.50 bits per heavy atom. The van der Waals surface area contributed by atoms with Crippen LogP contribution in [0.5, 0.6) is 23.1 Å². The smallest absolute Gasteiger partial charge is 0.296 e. The predicted molar refractivity (Wildman–Crippen MR) is 257 cm³/mol. The van der Waals surface area contributed by atoms with E-state index in [1.165, 1.54) is 48.0 Å². The van der Waals surface area contributed by atoms with Gasteiger partial charge in [-0.15, -0.1) is 39.4 Å². The molecule has 0 bridgehead atoms. The highest BCUT2D eigenvalue weighted by Gasteiger charge is 2.25. The molecule has 0 atom stereocenters. The monoisotopic (exact) mass is 1080 g/mol. The molecule has 0 radical (unpaired) electrons. The average molecular weight is 1080 g/mol. The lowest BCUT2D eigenvalue weighted by atomic mass is 10.1. The van der Waals surface area contributed by atoms with Crippen LogP contribution in [0.3, 0.4) is 0 Å². The van der Waals surface area contributed by atoms with Crippen LogP contribution in [0.2, 0.25) is 0 Å². The zero-order valence-corrected chi connectivity index (χ0v) is 40.8. The Morgan fingerprint density at radius 3 is 2.21 bits per heavy atom. The van der Waals surface area contributed by atoms with Gasteiger partial charge in [0.15, 0.2) is 17.1 Å². The van der Waals surface area contributed by atoms with E-state index in [0.717, 1.165) is 12.1 Å². The number of hydrogen-bond acceptors (Lipinski definition) is 26. The number of thiazole rings is 1. The van der Waals surface area contributed by atoms with E-state index >= 15 is 0 Å². The van der Waals surface area contributed by atoms with Crippen LogP contribution in [-0.2, 0) is 39.0 Å². The molecule has 0 amide bonds. The van der Waals surface area contributed by atoms with Gasteiger partial charge in [-0.1, -0.05) is 33.5 Å². The molecule has 0 saturated heterocycles. The number of phenols is 1. The highest BCUT2D eigenvalue weighted by atomic mass is 32.2. The SMILES string of the molecule is COc1cc2sc(N=Nc3cc(OCCCS(=O)(=O)O)c(N=Nc4c(SOOO)cc5cc(S(=O)(=O)O)c(N=Nc6c(C)c(C#N)c7nc8ccccc8n7c6O)cc5c4O)cc3C)nc2cc1SOOO. The summed E-state index contributed by atoms with van der Waals surface area (Å²) in [6, 6.07) is 18.2. The molecule has 72 heavy (non-hydrogen) atoms. The van der Waals surface area contributed by atoms with Gasteiger partial charge >= 0.3 is 0 Å². The number of hydrogen-bond donors (Lipinski definition) is 6. The summed E-state index contributed by atoms with van der Waals surface area (Å²) in [6.07, 6.45) is -0.158. The van der Waals surface area contributed by atoms with Crippen molar-refractivity contribution in [3.63, 3.8) is 0 Å². The van der Waals surface area contributed by atoms with Gasteiger partial charge in [-0.25, -0.2) is 20.5 Å². The number of methoxy groups -OCH3 is 1. The Kier molecular flexibility index (Phi) is 15.2. The largest absolute Gasteiger partial charge is 0.505 e. The second kappa shape index (κ2) is 21.4. The summed E-state index contributed by atoms with van der Waals surface area (Å²) >= 11 is 2.16. The molecule has 26 nitrogen and oxygen atoms in total. The van der Waals surface area contributed by atoms with Crippen molar-refractivity contribution in [1.82, 2.24) is 14.4 Å². The van der Waals surface area contributed by atoms with E-state index < -0.39 is 48.2 Å². The number of para-hydroxylation sites is 2. The van der Waals surface area contributed by atoms with Gasteiger partial charge in [0.25, 0.3) is 20.2 Å². The average Bonchev–Trinajstić information content (AvgIpc) is 3.93. The first-order chi connectivity index (χ1) is 34.4. The van der Waals surface area contributed by atoms with E-state index in [2.05, 4.69) is 59.4 Å². The van der Waals surface area contributed by atoms with Crippen molar-refractivity contribution in [2.24, 2.45) is 30.7 Å². The van der Waals surface area contributed by atoms with Gasteiger partial charge in [0.05, 0.1) is 80.3 Å². The van der Waals surface area contributed by atoms with E-state index in [0.29, 0.717) is 61.5 Å². The van der Waals surface area contributed by atoms with Crippen LogP contribution in [0.1, 0.15) is 23.1 Å². The summed E-state index contributed by atoms with van der Waals surface area (Å²) in [7, 11) is -8.00. The molecule has 0 fully saturated rings. The summed E-state index contributed by atoms with van der Waals surface area (Å²) in [5.41, 5.74) is 1.19. The summed E-state index contributed by atoms with van der Waals surface area (Å²) in [5, 5.41) is 83.8. The van der Waals surface area contributed by atoms with E-state index in [4.69, 9.17) is 20.0 Å². The van der Waals surface area contributed by atoms with Crippen LogP contribution < -0.4 is 9.47 Å². The number of phenolic OH excluding ortho intramolecular Hbond substituents is 1. The van der Waals surface area contributed by atoms with Crippen LogP contribution in [-0.4, -0.2) is 80.5 Å². The number of aryl methyl sites for hydroxylation is 1. The summed E-state index contributed by atoms with van der Waals surface area (Å²) < 4.78 is 90.6. The summed E-state index contributed by atoms with van der Waals surface area (Å²) in [4.78, 5) is 8.43. The van der Waals surface area contributed by atoms with Crippen molar-refractivity contribution in [3.05, 3.63) is 83.4 Å². The number of azo groups is 3. The number of nitriles is 1. The molecular formula is C41H32N10O16S5. The number of benzene rings is 5. The first-order valence-electron chi connectivity index (χ1n) is 20.0. The maximum Gasteiger partial charge on any atom is 0.296 e. The fourth-order valence-corrected chi connectivity index (χ4v) is 9.92. The third-order valence-corrected chi connectivity index (χ3v) is 14.1. The summed E-state index contributed by atoms with van der Waals surface area (Å²) in [5.74, 6) is -1.44. The molecule has 0 aliphatic heterocycles. The second-order valence-corrected chi connectivity index (χ2v) is 20.2. The Bertz CT molecular complexity index is 3830. The maximum absolute atomic E-state index is 12.8. The summed E-state index contributed by atoms with van der Waals surface area (Å²) in [6.45, 7) is 2.86. The Morgan fingerprint density at radius 1 is 0.792 bits per heavy atom. The lowest BCUT2D eigenvalue weighted by molar-refractivity contribution is -0.432. The molecule has 3 aromatic heterocycles. The second-order valence-electron chi connectivity index (χ2n) is 14.7. The van der Waals surface area contributed by atoms with Crippen molar-refractivity contribution >= 4 is 127 Å². The molecule has 0 aliphatic carbocycles. The van der Waals surface area contributed by atoms with Crippen LogP contribution >= 0.6 is 35.4 Å². The van der Waals surface area contributed by atoms with Crippen molar-refractivity contribution in [3.8, 4) is 29.2 Å². The highest BCUT2D eigenvalue weighted by molar-refractivity contribution is 7.95. The van der Waals surface area contributed by atoms with Gasteiger partial charge in [-0.2, -0.15) is 22.1 Å². The Labute approximate surface area is 417 Å². The van der Waals surface area contributed by atoms with Gasteiger partial charge in [0.2, 0.25) is 11.0 Å². The third-order valence-electron chi connectivity index (χ3n) is 10.3. The molecule has 0 spiro atoms. The quantitative estimate of drug-likeness (QED) is 0.0109. The highest BCUT2D eigenvalue weighted by Crippen LogP contribution is 2.48. The number of nitrogens with zero attached hydrogens (tertiary/aromatic N) is 10. The van der Waals surface area contributed by atoms with Crippen molar-refractivity contribution in [2.45, 2.75) is 35.0 Å². The molecule has 0 unspecified atom stereocenters.